The van der Waals surface area contributed by atoms with Crippen molar-refractivity contribution in [3.63, 3.8) is 0 Å². The zero-order chi connectivity index (χ0) is 30.4. The minimum absolute atomic E-state index is 0.120. The minimum atomic E-state index is -3.48. The number of guanidine groups is 2. The second-order valence-corrected chi connectivity index (χ2v) is 12.3. The van der Waals surface area contributed by atoms with Gasteiger partial charge in [0.05, 0.1) is 38.1 Å². The first kappa shape index (κ1) is 32.1. The standard InChI is InChI=1S/C14H18Cl3N5O2.C12H12N2O2S/c1-14(2)21-12(18)20-13(19)22(14)24-5-3-4-23-11-7-9(16)8(15)6-10(11)17;13-9-1-5-11(6-2-9)17(15,16)12-7-3-10(14)4-8-12/h6-7H,3-5H2,1-2H3,(H4,18,19,20,21);1-8H,13-14H2. The van der Waals surface area contributed by atoms with E-state index in [1.165, 1.54) is 35.4 Å². The lowest BCUT2D eigenvalue weighted by Gasteiger charge is -2.36. The van der Waals surface area contributed by atoms with Gasteiger partial charge in [0, 0.05) is 23.9 Å². The van der Waals surface area contributed by atoms with Crippen molar-refractivity contribution in [1.82, 2.24) is 5.06 Å². The van der Waals surface area contributed by atoms with E-state index in [0.29, 0.717) is 51.8 Å². The number of benzene rings is 3. The van der Waals surface area contributed by atoms with Gasteiger partial charge in [0.25, 0.3) is 0 Å². The summed E-state index contributed by atoms with van der Waals surface area (Å²) >= 11 is 17.8. The molecule has 0 unspecified atom stereocenters. The molecule has 3 aromatic carbocycles. The Morgan fingerprint density at radius 1 is 0.805 bits per heavy atom. The molecule has 0 bridgehead atoms. The average molecular weight is 643 g/mol. The molecule has 220 valence electrons. The molecule has 0 spiro atoms. The second-order valence-electron chi connectivity index (χ2n) is 9.10. The first-order valence-corrected chi connectivity index (χ1v) is 14.7. The van der Waals surface area contributed by atoms with Crippen molar-refractivity contribution in [3.8, 4) is 5.75 Å². The van der Waals surface area contributed by atoms with Gasteiger partial charge >= 0.3 is 0 Å². The van der Waals surface area contributed by atoms with Crippen molar-refractivity contribution in [2.45, 2.75) is 35.7 Å². The highest BCUT2D eigenvalue weighted by molar-refractivity contribution is 7.91. The number of halogens is 3. The molecule has 0 saturated heterocycles. The van der Waals surface area contributed by atoms with Gasteiger partial charge in [-0.15, -0.1) is 0 Å². The molecule has 0 atom stereocenters. The van der Waals surface area contributed by atoms with Crippen LogP contribution in [0.25, 0.3) is 0 Å². The monoisotopic (exact) mass is 641 g/mol. The molecular weight excluding hydrogens is 613 g/mol. The van der Waals surface area contributed by atoms with Crippen LogP contribution < -0.4 is 27.7 Å². The molecule has 0 aromatic heterocycles. The van der Waals surface area contributed by atoms with Gasteiger partial charge in [-0.25, -0.2) is 13.4 Å². The summed E-state index contributed by atoms with van der Waals surface area (Å²) < 4.78 is 29.9. The van der Waals surface area contributed by atoms with Crippen LogP contribution in [-0.4, -0.2) is 44.3 Å². The number of ether oxygens (including phenoxy) is 1. The van der Waals surface area contributed by atoms with Gasteiger partial charge in [0.15, 0.2) is 5.66 Å². The highest BCUT2D eigenvalue weighted by atomic mass is 35.5. The van der Waals surface area contributed by atoms with Gasteiger partial charge < -0.3 is 27.7 Å². The molecule has 3 aromatic rings. The Balaban J connectivity index is 0.000000239. The van der Waals surface area contributed by atoms with Gasteiger partial charge in [-0.3, -0.25) is 4.84 Å². The molecule has 4 rings (SSSR count). The molecule has 11 nitrogen and oxygen atoms in total. The smallest absolute Gasteiger partial charge is 0.226 e. The molecule has 0 radical (unpaired) electrons. The second kappa shape index (κ2) is 13.5. The lowest BCUT2D eigenvalue weighted by atomic mass is 10.2. The molecule has 15 heteroatoms. The summed E-state index contributed by atoms with van der Waals surface area (Å²) in [7, 11) is -3.48. The van der Waals surface area contributed by atoms with E-state index >= 15 is 0 Å². The van der Waals surface area contributed by atoms with E-state index in [9.17, 15) is 8.42 Å². The van der Waals surface area contributed by atoms with Crippen LogP contribution in [0.3, 0.4) is 0 Å². The van der Waals surface area contributed by atoms with Crippen LogP contribution in [0.1, 0.15) is 20.3 Å². The molecule has 1 heterocycles. The number of hydrogen-bond donors (Lipinski definition) is 4. The molecule has 0 saturated carbocycles. The van der Waals surface area contributed by atoms with Crippen molar-refractivity contribution in [2.75, 3.05) is 24.7 Å². The fraction of sp³-hybridized carbons (Fsp3) is 0.231. The Morgan fingerprint density at radius 3 is 1.83 bits per heavy atom. The van der Waals surface area contributed by atoms with Crippen molar-refractivity contribution >= 4 is 67.9 Å². The first-order chi connectivity index (χ1) is 19.2. The predicted octanol–water partition coefficient (Wildman–Crippen LogP) is 4.71. The van der Waals surface area contributed by atoms with Crippen molar-refractivity contribution in [2.24, 2.45) is 21.5 Å². The summed E-state index contributed by atoms with van der Waals surface area (Å²) in [4.78, 5) is 14.1. The predicted molar refractivity (Wildman–Crippen MR) is 164 cm³/mol. The topological polar surface area (TPSA) is 185 Å². The normalized spacial score (nSPS) is 14.4. The number of rotatable bonds is 8. The molecule has 0 amide bonds. The maximum absolute atomic E-state index is 12.2. The van der Waals surface area contributed by atoms with Crippen LogP contribution in [0.5, 0.6) is 5.75 Å². The quantitative estimate of drug-likeness (QED) is 0.153. The van der Waals surface area contributed by atoms with Crippen LogP contribution >= 0.6 is 34.8 Å². The largest absolute Gasteiger partial charge is 0.492 e. The summed E-state index contributed by atoms with van der Waals surface area (Å²) in [6.07, 6.45) is 0.579. The average Bonchev–Trinajstić information content (AvgIpc) is 2.88. The van der Waals surface area contributed by atoms with E-state index in [-0.39, 0.29) is 21.7 Å². The Kier molecular flexibility index (Phi) is 10.6. The molecule has 1 aliphatic rings. The fourth-order valence-electron chi connectivity index (χ4n) is 3.46. The third kappa shape index (κ3) is 8.54. The van der Waals surface area contributed by atoms with Crippen molar-refractivity contribution in [3.05, 3.63) is 75.7 Å². The van der Waals surface area contributed by atoms with Gasteiger partial charge in [-0.2, -0.15) is 10.1 Å². The number of hydroxylamine groups is 2. The zero-order valence-electron chi connectivity index (χ0n) is 22.2. The summed E-state index contributed by atoms with van der Waals surface area (Å²) in [6.45, 7) is 4.34. The Morgan fingerprint density at radius 2 is 1.32 bits per heavy atom. The molecule has 41 heavy (non-hydrogen) atoms. The fourth-order valence-corrected chi connectivity index (χ4v) is 5.31. The third-order valence-electron chi connectivity index (χ3n) is 5.44. The van der Waals surface area contributed by atoms with Crippen molar-refractivity contribution < 1.29 is 18.0 Å². The van der Waals surface area contributed by atoms with E-state index < -0.39 is 15.5 Å². The number of anilines is 2. The summed E-state index contributed by atoms with van der Waals surface area (Å²) in [6, 6.07) is 15.3. The number of hydrogen-bond acceptors (Lipinski definition) is 11. The number of sulfone groups is 1. The van der Waals surface area contributed by atoms with Crippen LogP contribution in [0.2, 0.25) is 15.1 Å². The number of nitrogen functional groups attached to an aromatic ring is 2. The number of nitrogens with zero attached hydrogens (tertiary/aromatic N) is 3. The van der Waals surface area contributed by atoms with Crippen LogP contribution in [0.15, 0.2) is 80.4 Å². The van der Waals surface area contributed by atoms with Gasteiger partial charge in [0.2, 0.25) is 21.8 Å². The van der Waals surface area contributed by atoms with E-state index in [2.05, 4.69) is 9.98 Å². The molecule has 0 fully saturated rings. The molecule has 1 aliphatic heterocycles. The number of aliphatic imine (C=N–C) groups is 2. The molecule has 8 N–H and O–H groups in total. The van der Waals surface area contributed by atoms with Crippen molar-refractivity contribution in [1.29, 1.82) is 0 Å². The highest BCUT2D eigenvalue weighted by Crippen LogP contribution is 2.34. The van der Waals surface area contributed by atoms with Crippen LogP contribution in [-0.2, 0) is 14.7 Å². The summed E-state index contributed by atoms with van der Waals surface area (Å²) in [5.41, 5.74) is 22.8. The third-order valence-corrected chi connectivity index (χ3v) is 8.25. The SMILES string of the molecule is CC1(C)N=C(N)N=C(N)N1OCCCOc1cc(Cl)c(Cl)cc1Cl.Nc1ccc(S(=O)(=O)c2ccc(N)cc2)cc1. The van der Waals surface area contributed by atoms with E-state index in [1.54, 1.807) is 30.3 Å². The van der Waals surface area contributed by atoms with Crippen LogP contribution in [0.4, 0.5) is 11.4 Å². The number of nitrogens with two attached hydrogens (primary N) is 4. The summed E-state index contributed by atoms with van der Waals surface area (Å²) in [5, 5.41) is 2.56. The first-order valence-electron chi connectivity index (χ1n) is 12.1. The van der Waals surface area contributed by atoms with Crippen LogP contribution in [0, 0.1) is 0 Å². The lowest BCUT2D eigenvalue weighted by molar-refractivity contribution is -0.158. The summed E-state index contributed by atoms with van der Waals surface area (Å²) in [5.74, 6) is 0.735. The minimum Gasteiger partial charge on any atom is -0.492 e. The Bertz CT molecular complexity index is 1480. The van der Waals surface area contributed by atoms with E-state index in [1.807, 2.05) is 13.8 Å². The van der Waals surface area contributed by atoms with Gasteiger partial charge in [-0.1, -0.05) is 34.8 Å². The molecular formula is C26H30Cl3N7O4S. The van der Waals surface area contributed by atoms with Gasteiger partial charge in [0.1, 0.15) is 5.75 Å². The Hall–Kier alpha value is -3.42. The maximum Gasteiger partial charge on any atom is 0.226 e. The Labute approximate surface area is 253 Å². The van der Waals surface area contributed by atoms with E-state index in [4.69, 9.17) is 67.3 Å². The zero-order valence-corrected chi connectivity index (χ0v) is 25.3. The van der Waals surface area contributed by atoms with Gasteiger partial charge in [-0.05, 0) is 68.4 Å². The van der Waals surface area contributed by atoms with E-state index in [0.717, 1.165) is 0 Å². The molecule has 0 aliphatic carbocycles. The lowest BCUT2D eigenvalue weighted by Crippen LogP contribution is -2.53. The highest BCUT2D eigenvalue weighted by Gasteiger charge is 2.33. The maximum atomic E-state index is 12.2.